The lowest BCUT2D eigenvalue weighted by atomic mass is 10.1. The largest absolute Gasteiger partial charge is 0.493 e. The molecule has 9 heteroatoms. The molecule has 0 radical (unpaired) electrons. The van der Waals surface area contributed by atoms with Gasteiger partial charge in [0.25, 0.3) is 11.8 Å². The number of hydrogen-bond donors (Lipinski definition) is 1. The number of rotatable bonds is 7. The molecule has 4 amide bonds. The Morgan fingerprint density at radius 3 is 2.49 bits per heavy atom. The molecule has 1 aliphatic rings. The summed E-state index contributed by atoms with van der Waals surface area (Å²) in [6.45, 7) is 2.16. The minimum Gasteiger partial charge on any atom is -0.493 e. The first kappa shape index (κ1) is 25.9. The molecular formula is C28H22IN3O5. The van der Waals surface area contributed by atoms with Crippen LogP contribution in [0.1, 0.15) is 29.2 Å². The molecule has 0 aromatic heterocycles. The number of methoxy groups -OCH3 is 1. The SMILES string of the molecule is CCc1ccc(N2C(=O)NC(=O)/C(=C/c3cc(I)c(OCc4ccccc4C#N)c(OC)c3)C2=O)cc1. The van der Waals surface area contributed by atoms with Crippen LogP contribution in [0.15, 0.2) is 66.2 Å². The molecule has 4 rings (SSSR count). The monoisotopic (exact) mass is 607 g/mol. The summed E-state index contributed by atoms with van der Waals surface area (Å²) in [4.78, 5) is 39.2. The normalized spacial score (nSPS) is 14.4. The van der Waals surface area contributed by atoms with Crippen molar-refractivity contribution >= 4 is 52.2 Å². The molecule has 0 spiro atoms. The number of benzene rings is 3. The number of carbonyl (C=O) groups is 3. The molecule has 0 atom stereocenters. The Hall–Kier alpha value is -4.17. The van der Waals surface area contributed by atoms with Crippen molar-refractivity contribution in [2.45, 2.75) is 20.0 Å². The van der Waals surface area contributed by atoms with Gasteiger partial charge in [-0.3, -0.25) is 14.9 Å². The van der Waals surface area contributed by atoms with E-state index in [1.54, 1.807) is 36.4 Å². The fraction of sp³-hybridized carbons (Fsp3) is 0.143. The fourth-order valence-electron chi connectivity index (χ4n) is 3.81. The van der Waals surface area contributed by atoms with Gasteiger partial charge in [0.1, 0.15) is 12.2 Å². The zero-order valence-corrected chi connectivity index (χ0v) is 22.2. The molecule has 0 aliphatic carbocycles. The highest BCUT2D eigenvalue weighted by molar-refractivity contribution is 14.1. The summed E-state index contributed by atoms with van der Waals surface area (Å²) in [6, 6.07) is 18.9. The van der Waals surface area contributed by atoms with Gasteiger partial charge in [-0.15, -0.1) is 0 Å². The smallest absolute Gasteiger partial charge is 0.335 e. The van der Waals surface area contributed by atoms with Crippen molar-refractivity contribution in [1.82, 2.24) is 5.32 Å². The number of nitriles is 1. The number of halogens is 1. The molecule has 1 N–H and O–H groups in total. The number of nitrogens with zero attached hydrogens (tertiary/aromatic N) is 2. The molecular weight excluding hydrogens is 585 g/mol. The van der Waals surface area contributed by atoms with Crippen molar-refractivity contribution in [2.24, 2.45) is 0 Å². The fourth-order valence-corrected chi connectivity index (χ4v) is 4.59. The lowest BCUT2D eigenvalue weighted by Gasteiger charge is -2.26. The molecule has 1 saturated heterocycles. The summed E-state index contributed by atoms with van der Waals surface area (Å²) in [6.07, 6.45) is 2.23. The van der Waals surface area contributed by atoms with E-state index in [0.717, 1.165) is 22.4 Å². The van der Waals surface area contributed by atoms with E-state index >= 15 is 0 Å². The van der Waals surface area contributed by atoms with Crippen LogP contribution in [0.25, 0.3) is 6.08 Å². The summed E-state index contributed by atoms with van der Waals surface area (Å²) >= 11 is 2.07. The van der Waals surface area contributed by atoms with Gasteiger partial charge in [-0.1, -0.05) is 37.3 Å². The number of aryl methyl sites for hydroxylation is 1. The zero-order chi connectivity index (χ0) is 26.5. The number of nitrogens with one attached hydrogen (secondary N) is 1. The Labute approximate surface area is 227 Å². The second-order valence-electron chi connectivity index (χ2n) is 8.07. The average molecular weight is 607 g/mol. The molecule has 1 heterocycles. The molecule has 1 aliphatic heterocycles. The van der Waals surface area contributed by atoms with Crippen molar-refractivity contribution in [3.05, 3.63) is 92.1 Å². The number of imide groups is 2. The first-order valence-electron chi connectivity index (χ1n) is 11.3. The predicted molar refractivity (Wildman–Crippen MR) is 146 cm³/mol. The number of anilines is 1. The molecule has 3 aromatic rings. The van der Waals surface area contributed by atoms with Gasteiger partial charge in [0.2, 0.25) is 0 Å². The number of barbiturate groups is 1. The summed E-state index contributed by atoms with van der Waals surface area (Å²) in [7, 11) is 1.48. The van der Waals surface area contributed by atoms with E-state index in [4.69, 9.17) is 9.47 Å². The highest BCUT2D eigenvalue weighted by atomic mass is 127. The highest BCUT2D eigenvalue weighted by Crippen LogP contribution is 2.36. The minimum absolute atomic E-state index is 0.158. The average Bonchev–Trinajstić information content (AvgIpc) is 2.90. The van der Waals surface area contributed by atoms with Crippen LogP contribution in [0.3, 0.4) is 0 Å². The second kappa shape index (κ2) is 11.3. The van der Waals surface area contributed by atoms with Crippen LogP contribution in [-0.4, -0.2) is 25.0 Å². The lowest BCUT2D eigenvalue weighted by Crippen LogP contribution is -2.54. The molecule has 0 unspecified atom stereocenters. The third kappa shape index (κ3) is 5.49. The Morgan fingerprint density at radius 1 is 1.08 bits per heavy atom. The van der Waals surface area contributed by atoms with Gasteiger partial charge in [-0.25, -0.2) is 9.69 Å². The molecule has 0 saturated carbocycles. The van der Waals surface area contributed by atoms with Crippen LogP contribution >= 0.6 is 22.6 Å². The summed E-state index contributed by atoms with van der Waals surface area (Å²) < 4.78 is 12.2. The molecule has 8 nitrogen and oxygen atoms in total. The maximum absolute atomic E-state index is 13.2. The van der Waals surface area contributed by atoms with Crippen molar-refractivity contribution in [3.63, 3.8) is 0 Å². The van der Waals surface area contributed by atoms with Crippen LogP contribution in [-0.2, 0) is 22.6 Å². The zero-order valence-electron chi connectivity index (χ0n) is 20.1. The van der Waals surface area contributed by atoms with Gasteiger partial charge in [-0.2, -0.15) is 5.26 Å². The number of carbonyl (C=O) groups excluding carboxylic acids is 3. The van der Waals surface area contributed by atoms with E-state index in [9.17, 15) is 19.6 Å². The third-order valence-corrected chi connectivity index (χ3v) is 6.58. The Balaban J connectivity index is 1.64. The Morgan fingerprint density at radius 2 is 1.81 bits per heavy atom. The minimum atomic E-state index is -0.801. The number of ether oxygens (including phenoxy) is 2. The van der Waals surface area contributed by atoms with Crippen LogP contribution in [0.2, 0.25) is 0 Å². The van der Waals surface area contributed by atoms with E-state index in [1.165, 1.54) is 13.2 Å². The molecule has 1 fully saturated rings. The first-order chi connectivity index (χ1) is 17.9. The molecule has 186 valence electrons. The summed E-state index contributed by atoms with van der Waals surface area (Å²) in [5.74, 6) is -0.649. The lowest BCUT2D eigenvalue weighted by molar-refractivity contribution is -0.122. The van der Waals surface area contributed by atoms with Gasteiger partial charge >= 0.3 is 6.03 Å². The van der Waals surface area contributed by atoms with E-state index < -0.39 is 17.8 Å². The van der Waals surface area contributed by atoms with Crippen LogP contribution in [0.4, 0.5) is 10.5 Å². The van der Waals surface area contributed by atoms with Gasteiger partial charge < -0.3 is 9.47 Å². The number of urea groups is 1. The quantitative estimate of drug-likeness (QED) is 0.231. The standard InChI is InChI=1S/C28H22IN3O5/c1-3-17-8-10-21(11-9-17)32-27(34)22(26(33)31-28(32)35)12-18-13-23(29)25(24(14-18)36-2)37-16-20-7-5-4-6-19(20)15-30/h4-14H,3,16H2,1-2H3,(H,31,33,35)/b22-12-. The molecule has 3 aromatic carbocycles. The first-order valence-corrected chi connectivity index (χ1v) is 12.4. The van der Waals surface area contributed by atoms with Crippen molar-refractivity contribution in [3.8, 4) is 17.6 Å². The molecule has 37 heavy (non-hydrogen) atoms. The number of amides is 4. The van der Waals surface area contributed by atoms with Gasteiger partial charge in [0, 0.05) is 5.56 Å². The van der Waals surface area contributed by atoms with E-state index in [2.05, 4.69) is 34.0 Å². The second-order valence-corrected chi connectivity index (χ2v) is 9.23. The van der Waals surface area contributed by atoms with Gasteiger partial charge in [0.15, 0.2) is 11.5 Å². The van der Waals surface area contributed by atoms with E-state index in [0.29, 0.717) is 31.9 Å². The Kier molecular flexibility index (Phi) is 7.89. The Bertz CT molecular complexity index is 1460. The van der Waals surface area contributed by atoms with Gasteiger partial charge in [0.05, 0.1) is 28.0 Å². The van der Waals surface area contributed by atoms with Crippen LogP contribution in [0, 0.1) is 14.9 Å². The molecule has 0 bridgehead atoms. The van der Waals surface area contributed by atoms with E-state index in [-0.39, 0.29) is 12.2 Å². The predicted octanol–water partition coefficient (Wildman–Crippen LogP) is 4.98. The number of hydrogen-bond acceptors (Lipinski definition) is 6. The highest BCUT2D eigenvalue weighted by Gasteiger charge is 2.36. The van der Waals surface area contributed by atoms with Crippen molar-refractivity contribution < 1.29 is 23.9 Å². The van der Waals surface area contributed by atoms with Crippen molar-refractivity contribution in [2.75, 3.05) is 12.0 Å². The maximum atomic E-state index is 13.2. The maximum Gasteiger partial charge on any atom is 0.335 e. The van der Waals surface area contributed by atoms with Crippen LogP contribution in [0.5, 0.6) is 11.5 Å². The van der Waals surface area contributed by atoms with Gasteiger partial charge in [-0.05, 0) is 76.5 Å². The summed E-state index contributed by atoms with van der Waals surface area (Å²) in [5.41, 5.74) is 3.00. The third-order valence-electron chi connectivity index (χ3n) is 5.78. The summed E-state index contributed by atoms with van der Waals surface area (Å²) in [5, 5.41) is 11.6. The van der Waals surface area contributed by atoms with E-state index in [1.807, 2.05) is 31.2 Å². The van der Waals surface area contributed by atoms with Crippen molar-refractivity contribution in [1.29, 1.82) is 5.26 Å². The van der Waals surface area contributed by atoms with Crippen LogP contribution < -0.4 is 19.7 Å². The topological polar surface area (TPSA) is 109 Å².